The molecule has 168 valence electrons. The third-order valence-corrected chi connectivity index (χ3v) is 6.22. The van der Waals surface area contributed by atoms with Gasteiger partial charge in [0.25, 0.3) is 0 Å². The molecular formula is C25H40N2O3. The summed E-state index contributed by atoms with van der Waals surface area (Å²) >= 11 is 0. The molecule has 0 radical (unpaired) electrons. The molecule has 2 heterocycles. The third-order valence-electron chi connectivity index (χ3n) is 6.22. The largest absolute Gasteiger partial charge is 0.486 e. The maximum atomic E-state index is 12.8. The first-order valence-electron chi connectivity index (χ1n) is 12.0. The number of unbranched alkanes of at least 4 members (excludes halogenated alkanes) is 3. The van der Waals surface area contributed by atoms with Gasteiger partial charge in [-0.3, -0.25) is 4.79 Å². The number of carbonyl (C=O) groups is 1. The van der Waals surface area contributed by atoms with Crippen molar-refractivity contribution < 1.29 is 14.3 Å². The Morgan fingerprint density at radius 1 is 1.10 bits per heavy atom. The first kappa shape index (κ1) is 22.9. The summed E-state index contributed by atoms with van der Waals surface area (Å²) in [6, 6.07) is 6.31. The van der Waals surface area contributed by atoms with Crippen molar-refractivity contribution in [1.29, 1.82) is 0 Å². The molecule has 0 aromatic heterocycles. The van der Waals surface area contributed by atoms with Gasteiger partial charge in [-0.25, -0.2) is 0 Å². The molecular weight excluding hydrogens is 376 g/mol. The van der Waals surface area contributed by atoms with Crippen LogP contribution in [-0.4, -0.2) is 49.7 Å². The maximum Gasteiger partial charge on any atom is 0.220 e. The van der Waals surface area contributed by atoms with E-state index in [1.54, 1.807) is 0 Å². The zero-order chi connectivity index (χ0) is 21.2. The van der Waals surface area contributed by atoms with Crippen molar-refractivity contribution in [2.24, 2.45) is 5.92 Å². The number of carbonyl (C=O) groups excluding carboxylic acids is 1. The highest BCUT2D eigenvalue weighted by Gasteiger charge is 2.21. The van der Waals surface area contributed by atoms with Gasteiger partial charge in [-0.05, 0) is 56.0 Å². The van der Waals surface area contributed by atoms with Crippen LogP contribution in [0.1, 0.15) is 70.8 Å². The highest BCUT2D eigenvalue weighted by Crippen LogP contribution is 2.31. The number of amides is 1. The van der Waals surface area contributed by atoms with Crippen LogP contribution in [0, 0.1) is 5.92 Å². The highest BCUT2D eigenvalue weighted by molar-refractivity contribution is 5.76. The summed E-state index contributed by atoms with van der Waals surface area (Å²) in [5.41, 5.74) is 1.19. The second-order valence-corrected chi connectivity index (χ2v) is 9.11. The summed E-state index contributed by atoms with van der Waals surface area (Å²) in [7, 11) is 0. The van der Waals surface area contributed by atoms with Crippen LogP contribution in [0.15, 0.2) is 18.2 Å². The molecule has 30 heavy (non-hydrogen) atoms. The molecule has 5 heteroatoms. The number of likely N-dealkylation sites (tertiary alicyclic amines) is 1. The van der Waals surface area contributed by atoms with Crippen molar-refractivity contribution in [3.8, 4) is 11.5 Å². The molecule has 2 aliphatic rings. The fourth-order valence-electron chi connectivity index (χ4n) is 4.56. The molecule has 3 rings (SSSR count). The van der Waals surface area contributed by atoms with E-state index in [-0.39, 0.29) is 11.9 Å². The predicted molar refractivity (Wildman–Crippen MR) is 121 cm³/mol. The Labute approximate surface area is 182 Å². The molecule has 2 aliphatic heterocycles. The third kappa shape index (κ3) is 7.50. The second-order valence-electron chi connectivity index (χ2n) is 9.11. The summed E-state index contributed by atoms with van der Waals surface area (Å²) in [6.07, 6.45) is 10.2. The zero-order valence-corrected chi connectivity index (χ0v) is 19.0. The van der Waals surface area contributed by atoms with Crippen molar-refractivity contribution in [2.45, 2.75) is 77.7 Å². The van der Waals surface area contributed by atoms with Gasteiger partial charge in [0.1, 0.15) is 13.2 Å². The Hall–Kier alpha value is -1.75. The molecule has 1 N–H and O–H groups in total. The van der Waals surface area contributed by atoms with Gasteiger partial charge in [0, 0.05) is 19.0 Å². The van der Waals surface area contributed by atoms with Crippen LogP contribution in [-0.2, 0) is 11.2 Å². The van der Waals surface area contributed by atoms with Crippen molar-refractivity contribution in [3.63, 3.8) is 0 Å². The van der Waals surface area contributed by atoms with Crippen LogP contribution >= 0.6 is 0 Å². The molecule has 5 nitrogen and oxygen atoms in total. The summed E-state index contributed by atoms with van der Waals surface area (Å²) in [6.45, 7) is 8.85. The number of fused-ring (bicyclic) bond motifs is 1. The lowest BCUT2D eigenvalue weighted by atomic mass is 9.98. The van der Waals surface area contributed by atoms with Crippen molar-refractivity contribution in [2.75, 3.05) is 32.8 Å². The Kier molecular flexibility index (Phi) is 9.31. The molecule has 1 saturated heterocycles. The van der Waals surface area contributed by atoms with Crippen LogP contribution < -0.4 is 14.8 Å². The number of benzene rings is 1. The van der Waals surface area contributed by atoms with E-state index in [1.165, 1.54) is 44.1 Å². The van der Waals surface area contributed by atoms with Crippen LogP contribution in [0.2, 0.25) is 0 Å². The summed E-state index contributed by atoms with van der Waals surface area (Å²) in [5.74, 6) is 2.29. The zero-order valence-electron chi connectivity index (χ0n) is 19.0. The van der Waals surface area contributed by atoms with Gasteiger partial charge < -0.3 is 19.7 Å². The van der Waals surface area contributed by atoms with Gasteiger partial charge in [-0.2, -0.15) is 0 Å². The van der Waals surface area contributed by atoms with E-state index in [9.17, 15) is 4.79 Å². The van der Waals surface area contributed by atoms with Gasteiger partial charge in [-0.1, -0.05) is 52.0 Å². The van der Waals surface area contributed by atoms with E-state index >= 15 is 0 Å². The maximum absolute atomic E-state index is 12.8. The second kappa shape index (κ2) is 12.2. The molecule has 0 bridgehead atoms. The smallest absolute Gasteiger partial charge is 0.220 e. The van der Waals surface area contributed by atoms with Crippen LogP contribution in [0.25, 0.3) is 0 Å². The molecule has 0 saturated carbocycles. The lowest BCUT2D eigenvalue weighted by molar-refractivity contribution is -0.122. The number of ether oxygens (including phenoxy) is 2. The number of nitrogens with one attached hydrogen (secondary N) is 1. The Balaban J connectivity index is 1.54. The normalized spacial score (nSPS) is 18.2. The topological polar surface area (TPSA) is 50.8 Å². The van der Waals surface area contributed by atoms with E-state index in [0.717, 1.165) is 44.0 Å². The fourth-order valence-corrected chi connectivity index (χ4v) is 4.56. The minimum atomic E-state index is 0.130. The Morgan fingerprint density at radius 2 is 1.87 bits per heavy atom. The molecule has 1 unspecified atom stereocenters. The summed E-state index contributed by atoms with van der Waals surface area (Å²) in [4.78, 5) is 15.3. The van der Waals surface area contributed by atoms with Gasteiger partial charge in [0.05, 0.1) is 0 Å². The molecule has 0 spiro atoms. The van der Waals surface area contributed by atoms with E-state index in [0.29, 0.717) is 25.6 Å². The lowest BCUT2D eigenvalue weighted by Gasteiger charge is -2.26. The average Bonchev–Trinajstić information content (AvgIpc) is 3.24. The number of rotatable bonds is 12. The van der Waals surface area contributed by atoms with E-state index in [1.807, 2.05) is 6.07 Å². The number of hydrogen-bond donors (Lipinski definition) is 1. The molecule has 1 aromatic carbocycles. The van der Waals surface area contributed by atoms with E-state index in [4.69, 9.17) is 9.47 Å². The molecule has 1 amide bonds. The number of nitrogens with zero attached hydrogens (tertiary/aromatic N) is 1. The van der Waals surface area contributed by atoms with Crippen molar-refractivity contribution >= 4 is 5.91 Å². The summed E-state index contributed by atoms with van der Waals surface area (Å²) in [5, 5.41) is 3.35. The Morgan fingerprint density at radius 3 is 2.63 bits per heavy atom. The molecule has 0 aliphatic carbocycles. The molecule has 2 atom stereocenters. The van der Waals surface area contributed by atoms with Crippen molar-refractivity contribution in [1.82, 2.24) is 10.2 Å². The van der Waals surface area contributed by atoms with Gasteiger partial charge in [-0.15, -0.1) is 0 Å². The Bertz CT molecular complexity index is 658. The SMILES string of the molecule is CCCCCCC(C)CC(=O)N[C@@H](Cc1ccc2c(c1)OCCO2)CN1CCCC1. The quantitative estimate of drug-likeness (QED) is 0.507. The molecule has 1 fully saturated rings. The minimum absolute atomic E-state index is 0.130. The lowest BCUT2D eigenvalue weighted by Crippen LogP contribution is -2.44. The van der Waals surface area contributed by atoms with Gasteiger partial charge >= 0.3 is 0 Å². The van der Waals surface area contributed by atoms with E-state index in [2.05, 4.69) is 36.2 Å². The predicted octanol–water partition coefficient (Wildman–Crippen LogP) is 4.58. The average molecular weight is 417 g/mol. The first-order valence-corrected chi connectivity index (χ1v) is 12.0. The van der Waals surface area contributed by atoms with Gasteiger partial charge in [0.15, 0.2) is 11.5 Å². The minimum Gasteiger partial charge on any atom is -0.486 e. The number of hydrogen-bond acceptors (Lipinski definition) is 4. The van der Waals surface area contributed by atoms with Gasteiger partial charge in [0.2, 0.25) is 5.91 Å². The van der Waals surface area contributed by atoms with Crippen LogP contribution in [0.3, 0.4) is 0 Å². The van der Waals surface area contributed by atoms with Crippen LogP contribution in [0.5, 0.6) is 11.5 Å². The van der Waals surface area contributed by atoms with Crippen molar-refractivity contribution in [3.05, 3.63) is 23.8 Å². The molecule has 1 aromatic rings. The monoisotopic (exact) mass is 416 g/mol. The van der Waals surface area contributed by atoms with Crippen LogP contribution in [0.4, 0.5) is 0 Å². The standard InChI is InChI=1S/C25H40N2O3/c1-3-4-5-6-9-20(2)16-25(28)26-22(19-27-12-7-8-13-27)17-21-10-11-23-24(18-21)30-15-14-29-23/h10-11,18,20,22H,3-9,12-17,19H2,1-2H3,(H,26,28)/t20?,22-/m0/s1. The van der Waals surface area contributed by atoms with E-state index < -0.39 is 0 Å². The fraction of sp³-hybridized carbons (Fsp3) is 0.720. The summed E-state index contributed by atoms with van der Waals surface area (Å²) < 4.78 is 11.4. The first-order chi connectivity index (χ1) is 14.6. The highest BCUT2D eigenvalue weighted by atomic mass is 16.6.